The number of aliphatic hydroxyl groups is 1. The highest BCUT2D eigenvalue weighted by Crippen LogP contribution is 2.27. The highest BCUT2D eigenvalue weighted by Gasteiger charge is 2.27. The molecule has 0 spiro atoms. The summed E-state index contributed by atoms with van der Waals surface area (Å²) in [5, 5.41) is 9.17. The van der Waals surface area contributed by atoms with Crippen LogP contribution in [0.4, 0.5) is 5.69 Å². The van der Waals surface area contributed by atoms with E-state index >= 15 is 0 Å². The molecule has 3 rings (SSSR count). The fourth-order valence-corrected chi connectivity index (χ4v) is 3.27. The van der Waals surface area contributed by atoms with Crippen molar-refractivity contribution in [2.24, 2.45) is 5.92 Å². The Kier molecular flexibility index (Phi) is 4.03. The predicted octanol–water partition coefficient (Wildman–Crippen LogP) is 1.28. The standard InChI is InChI=1S/C16H22N2O2/c19-12-13-7-9-17(10-13)11-16(20)18-8-3-5-14-4-1-2-6-15(14)18/h1-2,4,6,13,19H,3,5,7-12H2. The Labute approximate surface area is 120 Å². The number of rotatable bonds is 3. The second-order valence-electron chi connectivity index (χ2n) is 5.85. The third-order valence-corrected chi connectivity index (χ3v) is 4.40. The molecular formula is C16H22N2O2. The van der Waals surface area contributed by atoms with Gasteiger partial charge in [-0.15, -0.1) is 0 Å². The van der Waals surface area contributed by atoms with Crippen molar-refractivity contribution in [1.82, 2.24) is 4.90 Å². The highest BCUT2D eigenvalue weighted by atomic mass is 16.3. The van der Waals surface area contributed by atoms with Gasteiger partial charge in [0.1, 0.15) is 0 Å². The number of anilines is 1. The molecule has 1 atom stereocenters. The first-order chi connectivity index (χ1) is 9.78. The van der Waals surface area contributed by atoms with Crippen molar-refractivity contribution < 1.29 is 9.90 Å². The zero-order valence-corrected chi connectivity index (χ0v) is 11.8. The Morgan fingerprint density at radius 2 is 2.15 bits per heavy atom. The number of hydrogen-bond donors (Lipinski definition) is 1. The molecular weight excluding hydrogens is 252 g/mol. The molecule has 2 aliphatic heterocycles. The van der Waals surface area contributed by atoms with Gasteiger partial charge in [0.15, 0.2) is 0 Å². The molecule has 0 aliphatic carbocycles. The van der Waals surface area contributed by atoms with Gasteiger partial charge in [-0.2, -0.15) is 0 Å². The van der Waals surface area contributed by atoms with Gasteiger partial charge in [0, 0.05) is 25.4 Å². The summed E-state index contributed by atoms with van der Waals surface area (Å²) in [6, 6.07) is 8.21. The second kappa shape index (κ2) is 5.94. The lowest BCUT2D eigenvalue weighted by Gasteiger charge is -2.30. The number of carbonyl (C=O) groups is 1. The summed E-state index contributed by atoms with van der Waals surface area (Å²) in [6.07, 6.45) is 3.11. The molecule has 0 bridgehead atoms. The van der Waals surface area contributed by atoms with Crippen molar-refractivity contribution in [2.45, 2.75) is 19.3 Å². The van der Waals surface area contributed by atoms with E-state index in [9.17, 15) is 9.90 Å². The minimum atomic E-state index is 0.190. The molecule has 1 amide bonds. The first kappa shape index (κ1) is 13.6. The molecule has 1 fully saturated rings. The normalized spacial score (nSPS) is 22.9. The van der Waals surface area contributed by atoms with Crippen molar-refractivity contribution >= 4 is 11.6 Å². The van der Waals surface area contributed by atoms with Gasteiger partial charge in [-0.05, 0) is 43.4 Å². The second-order valence-corrected chi connectivity index (χ2v) is 5.85. The average molecular weight is 274 g/mol. The van der Waals surface area contributed by atoms with Crippen LogP contribution in [0.25, 0.3) is 0 Å². The molecule has 1 N–H and O–H groups in total. The first-order valence-electron chi connectivity index (χ1n) is 7.49. The van der Waals surface area contributed by atoms with Gasteiger partial charge in [0.25, 0.3) is 0 Å². The topological polar surface area (TPSA) is 43.8 Å². The van der Waals surface area contributed by atoms with Crippen LogP contribution in [0.15, 0.2) is 24.3 Å². The molecule has 2 heterocycles. The smallest absolute Gasteiger partial charge is 0.241 e. The maximum absolute atomic E-state index is 12.5. The quantitative estimate of drug-likeness (QED) is 0.903. The number of nitrogens with zero attached hydrogens (tertiary/aromatic N) is 2. The van der Waals surface area contributed by atoms with E-state index in [4.69, 9.17) is 0 Å². The highest BCUT2D eigenvalue weighted by molar-refractivity contribution is 5.95. The molecule has 4 nitrogen and oxygen atoms in total. The lowest BCUT2D eigenvalue weighted by atomic mass is 10.0. The fourth-order valence-electron chi connectivity index (χ4n) is 3.27. The van der Waals surface area contributed by atoms with Crippen LogP contribution in [0.3, 0.4) is 0 Å². The van der Waals surface area contributed by atoms with E-state index in [1.807, 2.05) is 23.1 Å². The van der Waals surface area contributed by atoms with Gasteiger partial charge in [-0.3, -0.25) is 9.69 Å². The molecule has 1 saturated heterocycles. The number of hydrogen-bond acceptors (Lipinski definition) is 3. The van der Waals surface area contributed by atoms with Crippen molar-refractivity contribution in [3.8, 4) is 0 Å². The lowest BCUT2D eigenvalue weighted by molar-refractivity contribution is -0.119. The molecule has 4 heteroatoms. The molecule has 108 valence electrons. The van der Waals surface area contributed by atoms with Crippen LogP contribution in [-0.4, -0.2) is 48.7 Å². The van der Waals surface area contributed by atoms with E-state index < -0.39 is 0 Å². The number of likely N-dealkylation sites (tertiary alicyclic amines) is 1. The third-order valence-electron chi connectivity index (χ3n) is 4.40. The monoisotopic (exact) mass is 274 g/mol. The maximum atomic E-state index is 12.5. The number of aryl methyl sites for hydroxylation is 1. The minimum Gasteiger partial charge on any atom is -0.396 e. The first-order valence-corrected chi connectivity index (χ1v) is 7.49. The summed E-state index contributed by atoms with van der Waals surface area (Å²) in [5.41, 5.74) is 2.36. The Morgan fingerprint density at radius 3 is 2.95 bits per heavy atom. The van der Waals surface area contributed by atoms with Crippen molar-refractivity contribution in [3.63, 3.8) is 0 Å². The number of aliphatic hydroxyl groups excluding tert-OH is 1. The van der Waals surface area contributed by atoms with E-state index in [-0.39, 0.29) is 12.5 Å². The van der Waals surface area contributed by atoms with Crippen molar-refractivity contribution in [1.29, 1.82) is 0 Å². The SMILES string of the molecule is O=C(CN1CCC(CO)C1)N1CCCc2ccccc21. The van der Waals surface area contributed by atoms with Crippen LogP contribution >= 0.6 is 0 Å². The van der Waals surface area contributed by atoms with Crippen LogP contribution < -0.4 is 4.90 Å². The number of benzene rings is 1. The number of carbonyl (C=O) groups excluding carboxylic acids is 1. The van der Waals surface area contributed by atoms with Crippen molar-refractivity contribution in [3.05, 3.63) is 29.8 Å². The van der Waals surface area contributed by atoms with Gasteiger partial charge in [-0.25, -0.2) is 0 Å². The molecule has 0 aromatic heterocycles. The summed E-state index contributed by atoms with van der Waals surface area (Å²) in [4.78, 5) is 16.6. The van der Waals surface area contributed by atoms with E-state index in [2.05, 4.69) is 11.0 Å². The number of fused-ring (bicyclic) bond motifs is 1. The summed E-state index contributed by atoms with van der Waals surface area (Å²) < 4.78 is 0. The molecule has 1 aromatic rings. The number of para-hydroxylation sites is 1. The lowest BCUT2D eigenvalue weighted by Crippen LogP contribution is -2.42. The summed E-state index contributed by atoms with van der Waals surface area (Å²) in [5.74, 6) is 0.534. The summed E-state index contributed by atoms with van der Waals surface area (Å²) in [6.45, 7) is 3.30. The number of amides is 1. The molecule has 0 saturated carbocycles. The van der Waals surface area contributed by atoms with Crippen LogP contribution in [0.5, 0.6) is 0 Å². The predicted molar refractivity (Wildman–Crippen MR) is 78.7 cm³/mol. The van der Waals surface area contributed by atoms with Gasteiger partial charge in [-0.1, -0.05) is 18.2 Å². The van der Waals surface area contributed by atoms with Gasteiger partial charge in [0.2, 0.25) is 5.91 Å². The third kappa shape index (κ3) is 2.72. The van der Waals surface area contributed by atoms with Gasteiger partial charge in [0.05, 0.1) is 6.54 Å². The molecule has 0 radical (unpaired) electrons. The van der Waals surface area contributed by atoms with E-state index in [0.717, 1.165) is 44.6 Å². The zero-order valence-electron chi connectivity index (χ0n) is 11.8. The zero-order chi connectivity index (χ0) is 13.9. The minimum absolute atomic E-state index is 0.190. The van der Waals surface area contributed by atoms with E-state index in [0.29, 0.717) is 12.5 Å². The van der Waals surface area contributed by atoms with Gasteiger partial charge >= 0.3 is 0 Å². The molecule has 1 unspecified atom stereocenters. The van der Waals surface area contributed by atoms with Gasteiger partial charge < -0.3 is 10.0 Å². The van der Waals surface area contributed by atoms with Crippen LogP contribution in [0.1, 0.15) is 18.4 Å². The summed E-state index contributed by atoms with van der Waals surface area (Å²) >= 11 is 0. The Morgan fingerprint density at radius 1 is 1.30 bits per heavy atom. The maximum Gasteiger partial charge on any atom is 0.241 e. The molecule has 20 heavy (non-hydrogen) atoms. The Bertz CT molecular complexity index is 489. The Hall–Kier alpha value is -1.39. The molecule has 2 aliphatic rings. The van der Waals surface area contributed by atoms with Crippen LogP contribution in [0, 0.1) is 5.92 Å². The summed E-state index contributed by atoms with van der Waals surface area (Å²) in [7, 11) is 0. The largest absolute Gasteiger partial charge is 0.396 e. The Balaban J connectivity index is 1.67. The van der Waals surface area contributed by atoms with Crippen LogP contribution in [-0.2, 0) is 11.2 Å². The van der Waals surface area contributed by atoms with E-state index in [1.54, 1.807) is 0 Å². The van der Waals surface area contributed by atoms with E-state index in [1.165, 1.54) is 5.56 Å². The van der Waals surface area contributed by atoms with Crippen LogP contribution in [0.2, 0.25) is 0 Å². The molecule has 1 aromatic carbocycles. The van der Waals surface area contributed by atoms with Crippen molar-refractivity contribution in [2.75, 3.05) is 37.7 Å². The average Bonchev–Trinajstić information content (AvgIpc) is 2.94. The fraction of sp³-hybridized carbons (Fsp3) is 0.562.